The number of nitrogens with one attached hydrogen (secondary N) is 1. The predicted octanol–water partition coefficient (Wildman–Crippen LogP) is 1.94. The Morgan fingerprint density at radius 2 is 2.04 bits per heavy atom. The Hall–Kier alpha value is -1.39. The van der Waals surface area contributed by atoms with Gasteiger partial charge < -0.3 is 19.5 Å². The topological polar surface area (TPSA) is 57.9 Å². The molecule has 28 heavy (non-hydrogen) atoms. The van der Waals surface area contributed by atoms with Crippen molar-refractivity contribution < 1.29 is 4.74 Å². The number of morpholine rings is 1. The van der Waals surface area contributed by atoms with E-state index in [2.05, 4.69) is 54.8 Å². The molecular formula is C20H31IN6O. The van der Waals surface area contributed by atoms with Gasteiger partial charge in [0.15, 0.2) is 5.96 Å². The number of aryl methyl sites for hydroxylation is 1. The summed E-state index contributed by atoms with van der Waals surface area (Å²) in [7, 11) is 1.88. The number of aromatic nitrogens is 2. The lowest BCUT2D eigenvalue weighted by atomic mass is 10.2. The van der Waals surface area contributed by atoms with E-state index in [4.69, 9.17) is 4.74 Å². The Balaban J connectivity index is 0.00000225. The van der Waals surface area contributed by atoms with Crippen LogP contribution < -0.4 is 5.32 Å². The van der Waals surface area contributed by atoms with Crippen LogP contribution in [0.2, 0.25) is 0 Å². The molecule has 0 amide bonds. The van der Waals surface area contributed by atoms with Gasteiger partial charge in [0.05, 0.1) is 24.2 Å². The molecule has 1 aromatic heterocycles. The molecule has 154 valence electrons. The molecule has 3 heterocycles. The molecule has 1 unspecified atom stereocenters. The molecule has 1 atom stereocenters. The number of fused-ring (bicyclic) bond motifs is 1. The SMILES string of the molecule is CN=C(NCCn1c(C)nc2ccccc21)N1CCC(N2CCOCC2)C1.I. The van der Waals surface area contributed by atoms with Gasteiger partial charge in [-0.1, -0.05) is 12.1 Å². The Morgan fingerprint density at radius 3 is 2.82 bits per heavy atom. The van der Waals surface area contributed by atoms with E-state index in [1.165, 1.54) is 11.9 Å². The molecule has 1 aromatic carbocycles. The van der Waals surface area contributed by atoms with Crippen LogP contribution >= 0.6 is 24.0 Å². The maximum Gasteiger partial charge on any atom is 0.193 e. The number of guanidine groups is 1. The van der Waals surface area contributed by atoms with Crippen LogP contribution in [0.25, 0.3) is 11.0 Å². The van der Waals surface area contributed by atoms with Gasteiger partial charge in [0.2, 0.25) is 0 Å². The summed E-state index contributed by atoms with van der Waals surface area (Å²) in [5, 5.41) is 3.55. The van der Waals surface area contributed by atoms with E-state index in [0.717, 1.165) is 69.8 Å². The number of rotatable bonds is 4. The first-order valence-corrected chi connectivity index (χ1v) is 9.95. The molecule has 2 saturated heterocycles. The molecule has 2 fully saturated rings. The van der Waals surface area contributed by atoms with Gasteiger partial charge in [0.1, 0.15) is 5.82 Å². The highest BCUT2D eigenvalue weighted by molar-refractivity contribution is 14.0. The van der Waals surface area contributed by atoms with Gasteiger partial charge >= 0.3 is 0 Å². The third kappa shape index (κ3) is 4.60. The summed E-state index contributed by atoms with van der Waals surface area (Å²) in [6, 6.07) is 8.94. The van der Waals surface area contributed by atoms with E-state index in [1.54, 1.807) is 0 Å². The number of benzene rings is 1. The molecule has 0 aliphatic carbocycles. The Labute approximate surface area is 184 Å². The standard InChI is InChI=1S/C20H30N6O.HI/c1-16-23-18-5-3-4-6-19(18)26(16)10-8-22-20(21-2)25-9-7-17(15-25)24-11-13-27-14-12-24;/h3-6,17H,7-15H2,1-2H3,(H,21,22);1H. The maximum absolute atomic E-state index is 5.48. The van der Waals surface area contributed by atoms with E-state index in [1.807, 2.05) is 13.1 Å². The largest absolute Gasteiger partial charge is 0.379 e. The molecule has 7 nitrogen and oxygen atoms in total. The molecule has 0 saturated carbocycles. The summed E-state index contributed by atoms with van der Waals surface area (Å²) in [4.78, 5) is 14.1. The van der Waals surface area contributed by atoms with Crippen LogP contribution in [0, 0.1) is 6.92 Å². The first kappa shape index (κ1) is 21.3. The minimum Gasteiger partial charge on any atom is -0.379 e. The number of hydrogen-bond donors (Lipinski definition) is 1. The van der Waals surface area contributed by atoms with Gasteiger partial charge in [-0.25, -0.2) is 4.98 Å². The van der Waals surface area contributed by atoms with Gasteiger partial charge in [-0.15, -0.1) is 24.0 Å². The molecular weight excluding hydrogens is 467 g/mol. The van der Waals surface area contributed by atoms with E-state index in [0.29, 0.717) is 6.04 Å². The van der Waals surface area contributed by atoms with Crippen molar-refractivity contribution in [2.45, 2.75) is 25.9 Å². The Bertz CT molecular complexity index is 801. The minimum atomic E-state index is 0. The van der Waals surface area contributed by atoms with Crippen LogP contribution in [0.15, 0.2) is 29.3 Å². The molecule has 0 bridgehead atoms. The second kappa shape index (κ2) is 9.89. The summed E-state index contributed by atoms with van der Waals surface area (Å²) in [6.07, 6.45) is 1.20. The number of halogens is 1. The zero-order valence-electron chi connectivity index (χ0n) is 16.8. The van der Waals surface area contributed by atoms with E-state index in [9.17, 15) is 0 Å². The molecule has 1 N–H and O–H groups in total. The number of nitrogens with zero attached hydrogens (tertiary/aromatic N) is 5. The zero-order chi connectivity index (χ0) is 18.6. The van der Waals surface area contributed by atoms with Crippen molar-refractivity contribution in [3.05, 3.63) is 30.1 Å². The van der Waals surface area contributed by atoms with Crippen molar-refractivity contribution in [2.24, 2.45) is 4.99 Å². The number of ether oxygens (including phenoxy) is 1. The number of likely N-dealkylation sites (tertiary alicyclic amines) is 1. The lowest BCUT2D eigenvalue weighted by molar-refractivity contribution is 0.0195. The van der Waals surface area contributed by atoms with Crippen molar-refractivity contribution in [1.29, 1.82) is 0 Å². The fourth-order valence-corrected chi connectivity index (χ4v) is 4.26. The van der Waals surface area contributed by atoms with Gasteiger partial charge in [-0.2, -0.15) is 0 Å². The lowest BCUT2D eigenvalue weighted by Crippen LogP contribution is -2.47. The second-order valence-corrected chi connectivity index (χ2v) is 7.31. The number of hydrogen-bond acceptors (Lipinski definition) is 4. The predicted molar refractivity (Wildman–Crippen MR) is 124 cm³/mol. The molecule has 2 aliphatic rings. The highest BCUT2D eigenvalue weighted by atomic mass is 127. The third-order valence-electron chi connectivity index (χ3n) is 5.70. The van der Waals surface area contributed by atoms with Crippen LogP contribution in [0.3, 0.4) is 0 Å². The summed E-state index contributed by atoms with van der Waals surface area (Å²) in [6.45, 7) is 9.74. The lowest BCUT2D eigenvalue weighted by Gasteiger charge is -2.32. The molecule has 0 spiro atoms. The highest BCUT2D eigenvalue weighted by Crippen LogP contribution is 2.17. The average Bonchev–Trinajstić information content (AvgIpc) is 3.31. The molecule has 2 aromatic rings. The number of para-hydroxylation sites is 2. The maximum atomic E-state index is 5.48. The smallest absolute Gasteiger partial charge is 0.193 e. The number of imidazole rings is 1. The van der Waals surface area contributed by atoms with Gasteiger partial charge in [0, 0.05) is 52.4 Å². The molecule has 4 rings (SSSR count). The van der Waals surface area contributed by atoms with Crippen molar-refractivity contribution in [2.75, 3.05) is 53.0 Å². The monoisotopic (exact) mass is 498 g/mol. The first-order valence-electron chi connectivity index (χ1n) is 9.95. The zero-order valence-corrected chi connectivity index (χ0v) is 19.1. The second-order valence-electron chi connectivity index (χ2n) is 7.31. The van der Waals surface area contributed by atoms with E-state index < -0.39 is 0 Å². The van der Waals surface area contributed by atoms with Gasteiger partial charge in [0.25, 0.3) is 0 Å². The third-order valence-corrected chi connectivity index (χ3v) is 5.70. The van der Waals surface area contributed by atoms with Crippen LogP contribution in [-0.4, -0.2) is 84.3 Å². The van der Waals surface area contributed by atoms with Crippen LogP contribution in [0.1, 0.15) is 12.2 Å². The fraction of sp³-hybridized carbons (Fsp3) is 0.600. The van der Waals surface area contributed by atoms with E-state index in [-0.39, 0.29) is 24.0 Å². The Kier molecular flexibility index (Phi) is 7.53. The van der Waals surface area contributed by atoms with Crippen molar-refractivity contribution in [3.8, 4) is 0 Å². The van der Waals surface area contributed by atoms with Crippen molar-refractivity contribution >= 4 is 41.0 Å². The summed E-state index contributed by atoms with van der Waals surface area (Å²) in [5.41, 5.74) is 2.26. The normalized spacial score (nSPS) is 21.1. The average molecular weight is 498 g/mol. The number of aliphatic imine (C=N–C) groups is 1. The molecule has 2 aliphatic heterocycles. The summed E-state index contributed by atoms with van der Waals surface area (Å²) < 4.78 is 7.76. The van der Waals surface area contributed by atoms with Crippen molar-refractivity contribution in [1.82, 2.24) is 24.7 Å². The fourth-order valence-electron chi connectivity index (χ4n) is 4.26. The molecule has 8 heteroatoms. The van der Waals surface area contributed by atoms with Gasteiger partial charge in [-0.05, 0) is 25.5 Å². The van der Waals surface area contributed by atoms with Crippen LogP contribution in [0.4, 0.5) is 0 Å². The van der Waals surface area contributed by atoms with Crippen LogP contribution in [-0.2, 0) is 11.3 Å². The van der Waals surface area contributed by atoms with E-state index >= 15 is 0 Å². The van der Waals surface area contributed by atoms with Crippen molar-refractivity contribution in [3.63, 3.8) is 0 Å². The first-order chi connectivity index (χ1) is 13.3. The minimum absolute atomic E-state index is 0. The molecule has 0 radical (unpaired) electrons. The summed E-state index contributed by atoms with van der Waals surface area (Å²) >= 11 is 0. The van der Waals surface area contributed by atoms with Crippen LogP contribution in [0.5, 0.6) is 0 Å². The highest BCUT2D eigenvalue weighted by Gasteiger charge is 2.30. The Morgan fingerprint density at radius 1 is 1.25 bits per heavy atom. The summed E-state index contributed by atoms with van der Waals surface area (Å²) in [5.74, 6) is 2.06. The van der Waals surface area contributed by atoms with Gasteiger partial charge in [-0.3, -0.25) is 9.89 Å². The quantitative estimate of drug-likeness (QED) is 0.397.